The Bertz CT molecular complexity index is 1440. The lowest BCUT2D eigenvalue weighted by Gasteiger charge is -2.45. The Balaban J connectivity index is 1.13. The molecule has 212 valence electrons. The molecule has 9 heteroatoms. The third kappa shape index (κ3) is 6.06. The summed E-state index contributed by atoms with van der Waals surface area (Å²) in [5.74, 6) is 0.105. The van der Waals surface area contributed by atoms with Gasteiger partial charge in [-0.2, -0.15) is 0 Å². The van der Waals surface area contributed by atoms with Crippen LogP contribution < -0.4 is 5.32 Å². The Morgan fingerprint density at radius 2 is 1.77 bits per heavy atom. The van der Waals surface area contributed by atoms with Gasteiger partial charge < -0.3 is 10.2 Å². The normalized spacial score (nSPS) is 19.5. The van der Waals surface area contributed by atoms with E-state index >= 15 is 0 Å². The Labute approximate surface area is 237 Å². The number of sulfone groups is 1. The molecule has 2 aromatic carbocycles. The number of pyridine rings is 1. The zero-order chi connectivity index (χ0) is 28.3. The molecule has 0 unspecified atom stereocenters. The number of benzene rings is 2. The van der Waals surface area contributed by atoms with Crippen LogP contribution in [0.1, 0.15) is 41.3 Å². The van der Waals surface area contributed by atoms with E-state index < -0.39 is 9.84 Å². The highest BCUT2D eigenvalue weighted by Gasteiger charge is 2.32. The van der Waals surface area contributed by atoms with Crippen LogP contribution in [0, 0.1) is 6.92 Å². The van der Waals surface area contributed by atoms with Gasteiger partial charge in [-0.25, -0.2) is 13.4 Å². The van der Waals surface area contributed by atoms with E-state index in [2.05, 4.69) is 27.0 Å². The number of amides is 1. The van der Waals surface area contributed by atoms with Crippen LogP contribution in [-0.2, 0) is 16.4 Å². The topological polar surface area (TPSA) is 85.9 Å². The first-order chi connectivity index (χ1) is 19.3. The molecule has 1 N–H and O–H groups in total. The zero-order valence-electron chi connectivity index (χ0n) is 23.6. The van der Waals surface area contributed by atoms with Gasteiger partial charge in [0.1, 0.15) is 0 Å². The third-order valence-corrected chi connectivity index (χ3v) is 9.92. The molecule has 0 spiro atoms. The van der Waals surface area contributed by atoms with E-state index in [1.165, 1.54) is 0 Å². The summed E-state index contributed by atoms with van der Waals surface area (Å²) in [7, 11) is -1.78. The molecule has 3 heterocycles. The number of nitrogens with one attached hydrogen (secondary N) is 1. The molecule has 40 heavy (non-hydrogen) atoms. The summed E-state index contributed by atoms with van der Waals surface area (Å²) in [6, 6.07) is 19.0. The Morgan fingerprint density at radius 1 is 1.00 bits per heavy atom. The molecule has 0 radical (unpaired) electrons. The van der Waals surface area contributed by atoms with Crippen molar-refractivity contribution in [3.8, 4) is 0 Å². The number of hydrogen-bond acceptors (Lipinski definition) is 7. The second-order valence-electron chi connectivity index (χ2n) is 11.0. The number of aromatic nitrogens is 1. The number of carbonyl (C=O) groups is 1. The van der Waals surface area contributed by atoms with Crippen molar-refractivity contribution in [2.75, 3.05) is 45.1 Å². The minimum Gasteiger partial charge on any atom is -0.387 e. The van der Waals surface area contributed by atoms with Crippen molar-refractivity contribution < 1.29 is 13.2 Å². The molecule has 0 aliphatic carbocycles. The summed E-state index contributed by atoms with van der Waals surface area (Å²) in [6.45, 7) is 9.34. The largest absolute Gasteiger partial charge is 0.387 e. The molecule has 2 aliphatic rings. The number of likely N-dealkylation sites (tertiary alicyclic amines) is 1. The first-order valence-electron chi connectivity index (χ1n) is 14.1. The minimum atomic E-state index is -3.63. The van der Waals surface area contributed by atoms with E-state index in [1.807, 2.05) is 55.3 Å². The van der Waals surface area contributed by atoms with Crippen molar-refractivity contribution in [3.05, 3.63) is 83.6 Å². The van der Waals surface area contributed by atoms with Crippen LogP contribution in [0.4, 0.5) is 5.69 Å². The quantitative estimate of drug-likeness (QED) is 0.465. The number of piperidine rings is 1. The Morgan fingerprint density at radius 3 is 2.45 bits per heavy atom. The molecule has 1 aromatic heterocycles. The first kappa shape index (κ1) is 28.3. The summed E-state index contributed by atoms with van der Waals surface area (Å²) in [5, 5.41) is 3.21. The van der Waals surface area contributed by atoms with Gasteiger partial charge in [0.15, 0.2) is 5.03 Å². The van der Waals surface area contributed by atoms with E-state index in [9.17, 15) is 13.2 Å². The maximum atomic E-state index is 13.1. The second-order valence-corrected chi connectivity index (χ2v) is 12.9. The molecule has 0 bridgehead atoms. The van der Waals surface area contributed by atoms with Crippen LogP contribution in [-0.4, -0.2) is 85.9 Å². The molecular formula is C31H39N5O3S. The van der Waals surface area contributed by atoms with Gasteiger partial charge in [-0.15, -0.1) is 0 Å². The molecule has 2 fully saturated rings. The van der Waals surface area contributed by atoms with Crippen LogP contribution in [0.15, 0.2) is 76.8 Å². The predicted octanol–water partition coefficient (Wildman–Crippen LogP) is 4.08. The molecule has 5 rings (SSSR count). The second kappa shape index (κ2) is 12.1. The van der Waals surface area contributed by atoms with E-state index in [0.29, 0.717) is 12.1 Å². The van der Waals surface area contributed by atoms with Crippen molar-refractivity contribution in [2.24, 2.45) is 0 Å². The van der Waals surface area contributed by atoms with Gasteiger partial charge in [0.05, 0.1) is 10.5 Å². The van der Waals surface area contributed by atoms with E-state index in [1.54, 1.807) is 30.5 Å². The third-order valence-electron chi connectivity index (χ3n) is 8.25. The summed E-state index contributed by atoms with van der Waals surface area (Å²) in [4.78, 5) is 24.7. The van der Waals surface area contributed by atoms with Crippen molar-refractivity contribution in [1.82, 2.24) is 19.7 Å². The number of rotatable bonds is 7. The van der Waals surface area contributed by atoms with Gasteiger partial charge in [0.25, 0.3) is 5.91 Å². The number of hydrogen-bond donors (Lipinski definition) is 1. The molecule has 2 saturated heterocycles. The van der Waals surface area contributed by atoms with Crippen molar-refractivity contribution in [1.29, 1.82) is 0 Å². The summed E-state index contributed by atoms with van der Waals surface area (Å²) in [5.41, 5.74) is 3.52. The maximum absolute atomic E-state index is 13.1. The van der Waals surface area contributed by atoms with Gasteiger partial charge in [0, 0.05) is 70.3 Å². The zero-order valence-corrected chi connectivity index (χ0v) is 24.4. The summed E-state index contributed by atoms with van der Waals surface area (Å²) < 4.78 is 26.0. The number of anilines is 1. The van der Waals surface area contributed by atoms with Crippen molar-refractivity contribution in [2.45, 2.75) is 55.2 Å². The van der Waals surface area contributed by atoms with Crippen LogP contribution in [0.3, 0.4) is 0 Å². The lowest BCUT2D eigenvalue weighted by atomic mass is 9.99. The number of carbonyl (C=O) groups excluding carboxylic acids is 1. The molecular weight excluding hydrogens is 522 g/mol. The molecule has 2 aliphatic heterocycles. The summed E-state index contributed by atoms with van der Waals surface area (Å²) in [6.07, 6.45) is 3.67. The Hall–Kier alpha value is -3.27. The van der Waals surface area contributed by atoms with Crippen molar-refractivity contribution in [3.63, 3.8) is 0 Å². The number of nitrogens with zero attached hydrogens (tertiary/aromatic N) is 4. The van der Waals surface area contributed by atoms with E-state index in [4.69, 9.17) is 0 Å². The van der Waals surface area contributed by atoms with Gasteiger partial charge in [-0.1, -0.05) is 30.3 Å². The SMILES string of the molecule is CNc1ccccc1C(=O)N1CCC(N2CCN(Cc3ccc(S(=O)(=O)c4cccc(C)c4)nc3)[C@H](C)C2)CC1. The van der Waals surface area contributed by atoms with Gasteiger partial charge >= 0.3 is 0 Å². The lowest BCUT2D eigenvalue weighted by molar-refractivity contribution is 0.0259. The molecule has 3 aromatic rings. The average molecular weight is 562 g/mol. The predicted molar refractivity (Wildman–Crippen MR) is 157 cm³/mol. The van der Waals surface area contributed by atoms with Crippen LogP contribution in [0.25, 0.3) is 0 Å². The lowest BCUT2D eigenvalue weighted by Crippen LogP contribution is -2.56. The smallest absolute Gasteiger partial charge is 0.255 e. The highest BCUT2D eigenvalue weighted by molar-refractivity contribution is 7.91. The molecule has 1 atom stereocenters. The fraction of sp³-hybridized carbons (Fsp3) is 0.419. The minimum absolute atomic E-state index is 0.0824. The summed E-state index contributed by atoms with van der Waals surface area (Å²) >= 11 is 0. The molecule has 1 amide bonds. The molecule has 8 nitrogen and oxygen atoms in total. The van der Waals surface area contributed by atoms with Gasteiger partial charge in [-0.3, -0.25) is 14.6 Å². The number of aryl methyl sites for hydroxylation is 1. The number of piperazine rings is 1. The molecule has 0 saturated carbocycles. The van der Waals surface area contributed by atoms with Crippen molar-refractivity contribution >= 4 is 21.4 Å². The van der Waals surface area contributed by atoms with Crippen LogP contribution in [0.5, 0.6) is 0 Å². The Kier molecular flexibility index (Phi) is 8.54. The highest BCUT2D eigenvalue weighted by atomic mass is 32.2. The first-order valence-corrected chi connectivity index (χ1v) is 15.6. The number of para-hydroxylation sites is 1. The highest BCUT2D eigenvalue weighted by Crippen LogP contribution is 2.25. The standard InChI is InChI=1S/C31H39N5O3S/c1-23-7-6-8-27(19-23)40(38,39)30-12-11-25(20-33-30)22-35-17-18-36(21-24(35)2)26-13-15-34(16-14-26)31(37)28-9-4-5-10-29(28)32-3/h4-12,19-20,24,26,32H,13-18,21-22H2,1-3H3/t24-/m1/s1. The van der Waals surface area contributed by atoms with E-state index in [0.717, 1.165) is 74.5 Å². The monoisotopic (exact) mass is 561 g/mol. The van der Waals surface area contributed by atoms with Gasteiger partial charge in [-0.05, 0) is 68.1 Å². The fourth-order valence-corrected chi connectivity index (χ4v) is 7.16. The average Bonchev–Trinajstić information content (AvgIpc) is 2.98. The van der Waals surface area contributed by atoms with Crippen LogP contribution in [0.2, 0.25) is 0 Å². The van der Waals surface area contributed by atoms with E-state index in [-0.39, 0.29) is 15.8 Å². The van der Waals surface area contributed by atoms with Gasteiger partial charge in [0.2, 0.25) is 9.84 Å². The van der Waals surface area contributed by atoms with Crippen LogP contribution >= 0.6 is 0 Å². The maximum Gasteiger partial charge on any atom is 0.255 e. The fourth-order valence-electron chi connectivity index (χ4n) is 5.88.